The number of hydrogen-bond donors (Lipinski definition) is 2. The van der Waals surface area contributed by atoms with E-state index in [4.69, 9.17) is 0 Å². The highest BCUT2D eigenvalue weighted by atomic mass is 16.3. The van der Waals surface area contributed by atoms with E-state index >= 15 is 0 Å². The lowest BCUT2D eigenvalue weighted by Gasteiger charge is -2.26. The van der Waals surface area contributed by atoms with Crippen molar-refractivity contribution < 1.29 is 9.90 Å². The maximum Gasteiger partial charge on any atom is 0.223 e. The van der Waals surface area contributed by atoms with Gasteiger partial charge in [0.15, 0.2) is 0 Å². The fourth-order valence-electron chi connectivity index (χ4n) is 2.03. The Morgan fingerprint density at radius 2 is 1.81 bits per heavy atom. The molecule has 0 aliphatic heterocycles. The third-order valence-corrected chi connectivity index (χ3v) is 2.85. The number of rotatable bonds is 7. The maximum atomic E-state index is 11.7. The van der Waals surface area contributed by atoms with Gasteiger partial charge < -0.3 is 10.4 Å². The molecule has 0 heterocycles. The summed E-state index contributed by atoms with van der Waals surface area (Å²) in [7, 11) is 0. The van der Waals surface area contributed by atoms with Crippen LogP contribution in [0.5, 0.6) is 0 Å². The van der Waals surface area contributed by atoms with Gasteiger partial charge in [-0.05, 0) is 32.1 Å². The Bertz CT molecular complexity index is 208. The third kappa shape index (κ3) is 6.11. The van der Waals surface area contributed by atoms with Crippen LogP contribution in [-0.2, 0) is 4.79 Å². The van der Waals surface area contributed by atoms with E-state index in [2.05, 4.69) is 19.2 Å². The van der Waals surface area contributed by atoms with Crippen molar-refractivity contribution >= 4 is 5.91 Å². The molecule has 0 radical (unpaired) electrons. The van der Waals surface area contributed by atoms with Crippen LogP contribution in [0.25, 0.3) is 0 Å². The molecule has 0 rings (SSSR count). The minimum Gasteiger partial charge on any atom is -0.388 e. The first-order chi connectivity index (χ1) is 7.32. The smallest absolute Gasteiger partial charge is 0.223 e. The number of hydrogen-bond acceptors (Lipinski definition) is 2. The van der Waals surface area contributed by atoms with Crippen molar-refractivity contribution in [3.8, 4) is 0 Å². The van der Waals surface area contributed by atoms with Crippen molar-refractivity contribution in [2.45, 2.75) is 59.5 Å². The molecular formula is C13H27NO2. The highest BCUT2D eigenvalue weighted by Crippen LogP contribution is 2.15. The average Bonchev–Trinajstić information content (AvgIpc) is 2.15. The molecule has 1 amide bonds. The van der Waals surface area contributed by atoms with Crippen LogP contribution in [0.15, 0.2) is 0 Å². The van der Waals surface area contributed by atoms with Gasteiger partial charge in [0.05, 0.1) is 5.60 Å². The molecule has 1 unspecified atom stereocenters. The van der Waals surface area contributed by atoms with Gasteiger partial charge in [0.2, 0.25) is 5.91 Å². The largest absolute Gasteiger partial charge is 0.388 e. The first-order valence-corrected chi connectivity index (χ1v) is 6.32. The van der Waals surface area contributed by atoms with E-state index < -0.39 is 5.60 Å². The molecule has 0 aromatic rings. The molecule has 0 aromatic heterocycles. The molecule has 0 bridgehead atoms. The molecule has 0 aliphatic rings. The Morgan fingerprint density at radius 1 is 1.31 bits per heavy atom. The van der Waals surface area contributed by atoms with E-state index in [1.807, 2.05) is 13.8 Å². The molecule has 1 atom stereocenters. The van der Waals surface area contributed by atoms with E-state index in [0.29, 0.717) is 18.9 Å². The van der Waals surface area contributed by atoms with E-state index in [1.54, 1.807) is 6.92 Å². The van der Waals surface area contributed by atoms with Gasteiger partial charge in [0.25, 0.3) is 0 Å². The lowest BCUT2D eigenvalue weighted by atomic mass is 9.94. The summed E-state index contributed by atoms with van der Waals surface area (Å²) >= 11 is 0. The lowest BCUT2D eigenvalue weighted by Crippen LogP contribution is -2.43. The van der Waals surface area contributed by atoms with E-state index in [1.165, 1.54) is 0 Å². The molecule has 16 heavy (non-hydrogen) atoms. The zero-order valence-electron chi connectivity index (χ0n) is 11.3. The lowest BCUT2D eigenvalue weighted by molar-refractivity contribution is -0.126. The second kappa shape index (κ2) is 6.89. The predicted molar refractivity (Wildman–Crippen MR) is 67.2 cm³/mol. The zero-order valence-corrected chi connectivity index (χ0v) is 11.3. The Balaban J connectivity index is 4.08. The van der Waals surface area contributed by atoms with Crippen LogP contribution in [0.3, 0.4) is 0 Å². The van der Waals surface area contributed by atoms with Crippen LogP contribution in [0.4, 0.5) is 0 Å². The van der Waals surface area contributed by atoms with E-state index in [-0.39, 0.29) is 11.8 Å². The Labute approximate surface area is 99.6 Å². The normalized spacial score (nSPS) is 15.2. The minimum atomic E-state index is -0.796. The summed E-state index contributed by atoms with van der Waals surface area (Å²) in [6.07, 6.45) is 2.42. The fraction of sp³-hybridized carbons (Fsp3) is 0.923. The quantitative estimate of drug-likeness (QED) is 0.704. The molecule has 96 valence electrons. The van der Waals surface area contributed by atoms with Crippen LogP contribution >= 0.6 is 0 Å². The number of carbonyl (C=O) groups is 1. The Kier molecular flexibility index (Phi) is 6.65. The summed E-state index contributed by atoms with van der Waals surface area (Å²) < 4.78 is 0. The number of carbonyl (C=O) groups excluding carboxylic acids is 1. The summed E-state index contributed by atoms with van der Waals surface area (Å²) in [4.78, 5) is 11.7. The second-order valence-electron chi connectivity index (χ2n) is 5.33. The van der Waals surface area contributed by atoms with Crippen LogP contribution < -0.4 is 5.32 Å². The van der Waals surface area contributed by atoms with Crippen LogP contribution in [0.1, 0.15) is 53.9 Å². The van der Waals surface area contributed by atoms with Crippen molar-refractivity contribution in [3.05, 3.63) is 0 Å². The zero-order chi connectivity index (χ0) is 12.8. The van der Waals surface area contributed by atoms with Gasteiger partial charge >= 0.3 is 0 Å². The fourth-order valence-corrected chi connectivity index (χ4v) is 2.03. The number of aliphatic hydroxyl groups is 1. The number of nitrogens with one attached hydrogen (secondary N) is 1. The second-order valence-corrected chi connectivity index (χ2v) is 5.33. The summed E-state index contributed by atoms with van der Waals surface area (Å²) in [5.41, 5.74) is -0.796. The van der Waals surface area contributed by atoms with Crippen LogP contribution in [0.2, 0.25) is 0 Å². The Morgan fingerprint density at radius 3 is 2.19 bits per heavy atom. The van der Waals surface area contributed by atoms with Gasteiger partial charge in [-0.1, -0.05) is 27.7 Å². The Hall–Kier alpha value is -0.570. The van der Waals surface area contributed by atoms with Gasteiger partial charge in [-0.2, -0.15) is 0 Å². The van der Waals surface area contributed by atoms with Gasteiger partial charge in [0.1, 0.15) is 0 Å². The SMILES string of the molecule is CCC(CC)C(=O)NCC(C)(O)CC(C)C. The van der Waals surface area contributed by atoms with Crippen molar-refractivity contribution in [2.75, 3.05) is 6.54 Å². The molecular weight excluding hydrogens is 202 g/mol. The highest BCUT2D eigenvalue weighted by molar-refractivity contribution is 5.78. The predicted octanol–water partition coefficient (Wildman–Crippen LogP) is 2.34. The van der Waals surface area contributed by atoms with Crippen molar-refractivity contribution in [2.24, 2.45) is 11.8 Å². The van der Waals surface area contributed by atoms with E-state index in [9.17, 15) is 9.90 Å². The molecule has 0 aromatic carbocycles. The molecule has 0 saturated carbocycles. The first-order valence-electron chi connectivity index (χ1n) is 6.32. The molecule has 0 spiro atoms. The number of amides is 1. The molecule has 0 fully saturated rings. The summed E-state index contributed by atoms with van der Waals surface area (Å²) in [6, 6.07) is 0. The van der Waals surface area contributed by atoms with E-state index in [0.717, 1.165) is 12.8 Å². The summed E-state index contributed by atoms with van der Waals surface area (Å²) in [5.74, 6) is 0.573. The average molecular weight is 229 g/mol. The van der Waals surface area contributed by atoms with Crippen LogP contribution in [-0.4, -0.2) is 23.2 Å². The van der Waals surface area contributed by atoms with Gasteiger partial charge in [-0.15, -0.1) is 0 Å². The van der Waals surface area contributed by atoms with Crippen molar-refractivity contribution in [1.82, 2.24) is 5.32 Å². The monoisotopic (exact) mass is 229 g/mol. The topological polar surface area (TPSA) is 49.3 Å². The third-order valence-electron chi connectivity index (χ3n) is 2.85. The minimum absolute atomic E-state index is 0.0639. The molecule has 0 saturated heterocycles. The molecule has 3 heteroatoms. The first kappa shape index (κ1) is 15.4. The summed E-state index contributed by atoms with van der Waals surface area (Å²) in [5, 5.41) is 12.9. The standard InChI is InChI=1S/C13H27NO2/c1-6-11(7-2)12(15)14-9-13(5,16)8-10(3)4/h10-11,16H,6-9H2,1-5H3,(H,14,15). The van der Waals surface area contributed by atoms with Gasteiger partial charge in [-0.3, -0.25) is 4.79 Å². The van der Waals surface area contributed by atoms with Gasteiger partial charge in [-0.25, -0.2) is 0 Å². The molecule has 3 nitrogen and oxygen atoms in total. The van der Waals surface area contributed by atoms with Crippen molar-refractivity contribution in [1.29, 1.82) is 0 Å². The highest BCUT2D eigenvalue weighted by Gasteiger charge is 2.23. The van der Waals surface area contributed by atoms with Crippen molar-refractivity contribution in [3.63, 3.8) is 0 Å². The molecule has 2 N–H and O–H groups in total. The molecule has 0 aliphatic carbocycles. The maximum absolute atomic E-state index is 11.7. The van der Waals surface area contributed by atoms with Gasteiger partial charge in [0, 0.05) is 12.5 Å². The van der Waals surface area contributed by atoms with Crippen LogP contribution in [0, 0.1) is 11.8 Å². The summed E-state index contributed by atoms with van der Waals surface area (Å²) in [6.45, 7) is 10.3.